The third kappa shape index (κ3) is 3.33. The number of nitrogens with one attached hydrogen (secondary N) is 1. The van der Waals surface area contributed by atoms with Crippen molar-refractivity contribution in [1.82, 2.24) is 14.8 Å². The summed E-state index contributed by atoms with van der Waals surface area (Å²) in [5.74, 6) is -0.608. The lowest BCUT2D eigenvalue weighted by Crippen LogP contribution is -2.13. The van der Waals surface area contributed by atoms with Crippen LogP contribution < -0.4 is 4.72 Å². The van der Waals surface area contributed by atoms with Gasteiger partial charge in [-0.1, -0.05) is 17.7 Å². The van der Waals surface area contributed by atoms with Gasteiger partial charge in [-0.25, -0.2) is 12.8 Å². The summed E-state index contributed by atoms with van der Waals surface area (Å²) in [5.41, 5.74) is 1.01. The normalized spacial score (nSPS) is 11.4. The molecule has 9 heteroatoms. The number of benzene rings is 2. The standard InChI is InChI=1S/C14H10ClFN4O2S/c15-13-6-10(16)4-5-14(13)23(21,22)19-11-2-1-3-12(7-11)20-8-17-18-9-20/h1-9,19H. The van der Waals surface area contributed by atoms with E-state index in [1.165, 1.54) is 12.7 Å². The Bertz CT molecular complexity index is 945. The summed E-state index contributed by atoms with van der Waals surface area (Å²) in [7, 11) is -3.94. The first-order valence-corrected chi connectivity index (χ1v) is 8.25. The van der Waals surface area contributed by atoms with Crippen LogP contribution in [-0.2, 0) is 10.0 Å². The largest absolute Gasteiger partial charge is 0.288 e. The molecule has 0 bridgehead atoms. The van der Waals surface area contributed by atoms with E-state index < -0.39 is 15.8 Å². The SMILES string of the molecule is O=S(=O)(Nc1cccc(-n2cnnc2)c1)c1ccc(F)cc1Cl. The first-order valence-electron chi connectivity index (χ1n) is 6.39. The molecule has 1 heterocycles. The van der Waals surface area contributed by atoms with Crippen molar-refractivity contribution in [3.05, 3.63) is 66.0 Å². The summed E-state index contributed by atoms with van der Waals surface area (Å²) in [6.07, 6.45) is 2.98. The molecule has 1 N–H and O–H groups in total. The van der Waals surface area contributed by atoms with E-state index in [1.807, 2.05) is 0 Å². The zero-order valence-electron chi connectivity index (χ0n) is 11.5. The molecular weight excluding hydrogens is 343 g/mol. The highest BCUT2D eigenvalue weighted by atomic mass is 35.5. The fourth-order valence-corrected chi connectivity index (χ4v) is 3.55. The molecule has 0 spiro atoms. The van der Waals surface area contributed by atoms with Crippen LogP contribution in [0.25, 0.3) is 5.69 Å². The Labute approximate surface area is 136 Å². The molecule has 0 radical (unpaired) electrons. The van der Waals surface area contributed by atoms with E-state index in [0.29, 0.717) is 11.4 Å². The van der Waals surface area contributed by atoms with Crippen LogP contribution in [0, 0.1) is 5.82 Å². The summed E-state index contributed by atoms with van der Waals surface area (Å²) in [6, 6.07) is 9.74. The van der Waals surface area contributed by atoms with Crippen molar-refractivity contribution in [1.29, 1.82) is 0 Å². The van der Waals surface area contributed by atoms with E-state index in [4.69, 9.17) is 11.6 Å². The van der Waals surface area contributed by atoms with E-state index in [0.717, 1.165) is 18.2 Å². The van der Waals surface area contributed by atoms with E-state index in [1.54, 1.807) is 28.8 Å². The van der Waals surface area contributed by atoms with Crippen molar-refractivity contribution < 1.29 is 12.8 Å². The third-order valence-electron chi connectivity index (χ3n) is 3.00. The molecule has 6 nitrogen and oxygen atoms in total. The summed E-state index contributed by atoms with van der Waals surface area (Å²) >= 11 is 5.81. The number of anilines is 1. The lowest BCUT2D eigenvalue weighted by atomic mass is 10.3. The van der Waals surface area contributed by atoms with E-state index in [9.17, 15) is 12.8 Å². The van der Waals surface area contributed by atoms with Crippen molar-refractivity contribution in [2.75, 3.05) is 4.72 Å². The zero-order chi connectivity index (χ0) is 16.4. The topological polar surface area (TPSA) is 76.9 Å². The zero-order valence-corrected chi connectivity index (χ0v) is 13.1. The molecule has 0 amide bonds. The van der Waals surface area contributed by atoms with Crippen LogP contribution in [0.5, 0.6) is 0 Å². The van der Waals surface area contributed by atoms with E-state index >= 15 is 0 Å². The summed E-state index contributed by atoms with van der Waals surface area (Å²) in [6.45, 7) is 0. The van der Waals surface area contributed by atoms with Gasteiger partial charge >= 0.3 is 0 Å². The van der Waals surface area contributed by atoms with Gasteiger partial charge < -0.3 is 0 Å². The molecule has 0 aliphatic heterocycles. The molecule has 2 aromatic carbocycles. The van der Waals surface area contributed by atoms with Gasteiger partial charge in [0.25, 0.3) is 10.0 Å². The molecule has 3 rings (SSSR count). The second-order valence-electron chi connectivity index (χ2n) is 4.60. The van der Waals surface area contributed by atoms with E-state index in [2.05, 4.69) is 14.9 Å². The Hall–Kier alpha value is -2.45. The molecule has 0 atom stereocenters. The van der Waals surface area contributed by atoms with E-state index in [-0.39, 0.29) is 9.92 Å². The summed E-state index contributed by atoms with van der Waals surface area (Å²) in [5, 5.41) is 7.20. The number of aromatic nitrogens is 3. The lowest BCUT2D eigenvalue weighted by Gasteiger charge is -2.11. The first-order chi connectivity index (χ1) is 11.0. The molecule has 3 aromatic rings. The second-order valence-corrected chi connectivity index (χ2v) is 6.66. The van der Waals surface area contributed by atoms with Crippen LogP contribution in [0.2, 0.25) is 5.02 Å². The van der Waals surface area contributed by atoms with Crippen LogP contribution in [0.4, 0.5) is 10.1 Å². The minimum Gasteiger partial charge on any atom is -0.288 e. The number of halogens is 2. The number of hydrogen-bond donors (Lipinski definition) is 1. The highest BCUT2D eigenvalue weighted by molar-refractivity contribution is 7.92. The maximum Gasteiger partial charge on any atom is 0.263 e. The smallest absolute Gasteiger partial charge is 0.263 e. The van der Waals surface area contributed by atoms with Gasteiger partial charge in [0.15, 0.2) is 0 Å². The predicted molar refractivity (Wildman–Crippen MR) is 83.6 cm³/mol. The van der Waals surface area contributed by atoms with Crippen molar-refractivity contribution in [2.45, 2.75) is 4.90 Å². The van der Waals surface area contributed by atoms with Gasteiger partial charge in [0.05, 0.1) is 16.4 Å². The molecule has 0 aliphatic carbocycles. The highest BCUT2D eigenvalue weighted by Gasteiger charge is 2.18. The van der Waals surface area contributed by atoms with Crippen LogP contribution >= 0.6 is 11.6 Å². The van der Waals surface area contributed by atoms with Gasteiger partial charge in [-0.15, -0.1) is 10.2 Å². The maximum atomic E-state index is 13.1. The molecular formula is C14H10ClFN4O2S. The highest BCUT2D eigenvalue weighted by Crippen LogP contribution is 2.25. The van der Waals surface area contributed by atoms with Crippen molar-refractivity contribution in [3.63, 3.8) is 0 Å². The minimum absolute atomic E-state index is 0.188. The van der Waals surface area contributed by atoms with Crippen LogP contribution in [-0.4, -0.2) is 23.2 Å². The number of nitrogens with zero attached hydrogens (tertiary/aromatic N) is 3. The Morgan fingerprint density at radius 3 is 2.52 bits per heavy atom. The fourth-order valence-electron chi connectivity index (χ4n) is 1.97. The van der Waals surface area contributed by atoms with Crippen molar-refractivity contribution in [2.24, 2.45) is 0 Å². The van der Waals surface area contributed by atoms with Gasteiger partial charge in [0.2, 0.25) is 0 Å². The summed E-state index contributed by atoms with van der Waals surface area (Å²) in [4.78, 5) is -0.199. The van der Waals surface area contributed by atoms with Gasteiger partial charge in [0.1, 0.15) is 23.4 Å². The molecule has 0 unspecified atom stereocenters. The average molecular weight is 353 g/mol. The number of sulfonamides is 1. The molecule has 118 valence electrons. The molecule has 0 fully saturated rings. The van der Waals surface area contributed by atoms with Crippen LogP contribution in [0.15, 0.2) is 60.0 Å². The van der Waals surface area contributed by atoms with Gasteiger partial charge in [-0.05, 0) is 36.4 Å². The molecule has 23 heavy (non-hydrogen) atoms. The third-order valence-corrected chi connectivity index (χ3v) is 4.86. The van der Waals surface area contributed by atoms with Gasteiger partial charge in [0, 0.05) is 0 Å². The lowest BCUT2D eigenvalue weighted by molar-refractivity contribution is 0.600. The number of rotatable bonds is 4. The second kappa shape index (κ2) is 5.98. The molecule has 0 saturated heterocycles. The number of hydrogen-bond acceptors (Lipinski definition) is 4. The maximum absolute atomic E-state index is 13.1. The van der Waals surface area contributed by atoms with Crippen molar-refractivity contribution >= 4 is 27.3 Å². The van der Waals surface area contributed by atoms with Gasteiger partial charge in [-0.2, -0.15) is 0 Å². The quantitative estimate of drug-likeness (QED) is 0.783. The Morgan fingerprint density at radius 2 is 1.83 bits per heavy atom. The molecule has 1 aromatic heterocycles. The Balaban J connectivity index is 1.93. The average Bonchev–Trinajstić information content (AvgIpc) is 3.00. The predicted octanol–water partition coefficient (Wildman–Crippen LogP) is 2.86. The van der Waals surface area contributed by atoms with Crippen molar-refractivity contribution in [3.8, 4) is 5.69 Å². The fraction of sp³-hybridized carbons (Fsp3) is 0. The van der Waals surface area contributed by atoms with Crippen LogP contribution in [0.3, 0.4) is 0 Å². The van der Waals surface area contributed by atoms with Gasteiger partial charge in [-0.3, -0.25) is 9.29 Å². The molecule has 0 aliphatic rings. The monoisotopic (exact) mass is 352 g/mol. The molecule has 0 saturated carbocycles. The first kappa shape index (κ1) is 15.4. The van der Waals surface area contributed by atoms with Crippen LogP contribution in [0.1, 0.15) is 0 Å². The summed E-state index contributed by atoms with van der Waals surface area (Å²) < 4.78 is 41.9. The minimum atomic E-state index is -3.94. The Kier molecular flexibility index (Phi) is 4.01. The Morgan fingerprint density at radius 1 is 1.09 bits per heavy atom.